The van der Waals surface area contributed by atoms with Crippen LogP contribution >= 0.6 is 0 Å². The number of nitrogens with zero attached hydrogens (tertiary/aromatic N) is 1. The molecule has 12 heteroatoms. The molecular formula is C32H31F4NO6S. The van der Waals surface area contributed by atoms with E-state index in [2.05, 4.69) is 0 Å². The molecule has 2 fully saturated rings. The molecule has 0 aromatic heterocycles. The first-order valence-corrected chi connectivity index (χ1v) is 15.7. The molecule has 1 N–H and O–H groups in total. The lowest BCUT2D eigenvalue weighted by molar-refractivity contribution is -0.145. The molecule has 1 heterocycles. The maximum atomic E-state index is 14.3. The summed E-state index contributed by atoms with van der Waals surface area (Å²) in [4.78, 5) is 26.5. The number of rotatable bonds is 8. The van der Waals surface area contributed by atoms with Gasteiger partial charge in [-0.3, -0.25) is 9.59 Å². The van der Waals surface area contributed by atoms with Crippen LogP contribution in [0.2, 0.25) is 0 Å². The molecule has 44 heavy (non-hydrogen) atoms. The van der Waals surface area contributed by atoms with E-state index in [9.17, 15) is 40.7 Å². The van der Waals surface area contributed by atoms with Gasteiger partial charge in [-0.2, -0.15) is 13.2 Å². The van der Waals surface area contributed by atoms with Gasteiger partial charge in [-0.05, 0) is 74.1 Å². The highest BCUT2D eigenvalue weighted by molar-refractivity contribution is 7.92. The second-order valence-corrected chi connectivity index (χ2v) is 13.5. The minimum absolute atomic E-state index is 0.0795. The Kier molecular flexibility index (Phi) is 8.75. The Morgan fingerprint density at radius 2 is 1.55 bits per heavy atom. The Hall–Kier alpha value is -3.93. The van der Waals surface area contributed by atoms with E-state index in [0.29, 0.717) is 31.2 Å². The van der Waals surface area contributed by atoms with Crippen LogP contribution < -0.4 is 4.74 Å². The van der Waals surface area contributed by atoms with Crippen molar-refractivity contribution in [2.45, 2.75) is 54.5 Å². The number of alkyl halides is 3. The van der Waals surface area contributed by atoms with Gasteiger partial charge in [0, 0.05) is 24.6 Å². The van der Waals surface area contributed by atoms with Crippen molar-refractivity contribution in [2.75, 3.05) is 13.1 Å². The number of halogens is 4. The van der Waals surface area contributed by atoms with E-state index in [4.69, 9.17) is 4.74 Å². The first-order valence-electron chi connectivity index (χ1n) is 14.2. The molecule has 1 amide bonds. The van der Waals surface area contributed by atoms with Gasteiger partial charge in [0.2, 0.25) is 5.91 Å². The largest absolute Gasteiger partial charge is 0.489 e. The van der Waals surface area contributed by atoms with Gasteiger partial charge in [0.15, 0.2) is 9.84 Å². The standard InChI is InChI=1S/C32H31F4NO6S/c33-28-8-4-7-27(32(34,35)36)26(28)19-43-24-15-13-23(14-16-24)31(44(41,42)25-5-2-1-3-6-25)17-18-37(20-31)29(38)21-9-11-22(12-10-21)30(39)40/h1-8,13-16,21-22H,9-12,17-20H2,(H,39,40)/t21?,22?,31-/m0/s1. The normalized spacial score (nSPS) is 22.5. The summed E-state index contributed by atoms with van der Waals surface area (Å²) in [5.41, 5.74) is -1.41. The topological polar surface area (TPSA) is 101 Å². The molecule has 1 aliphatic heterocycles. The fraction of sp³-hybridized carbons (Fsp3) is 0.375. The highest BCUT2D eigenvalue weighted by Crippen LogP contribution is 2.45. The summed E-state index contributed by atoms with van der Waals surface area (Å²) in [7, 11) is -4.05. The third kappa shape index (κ3) is 6.04. The zero-order valence-electron chi connectivity index (χ0n) is 23.6. The number of hydrogen-bond acceptors (Lipinski definition) is 5. The molecular weight excluding hydrogens is 602 g/mol. The minimum atomic E-state index is -4.77. The summed E-state index contributed by atoms with van der Waals surface area (Å²) in [6, 6.07) is 16.4. The summed E-state index contributed by atoms with van der Waals surface area (Å²) in [5.74, 6) is -2.92. The van der Waals surface area contributed by atoms with Crippen molar-refractivity contribution < 1.29 is 45.4 Å². The highest BCUT2D eigenvalue weighted by atomic mass is 32.2. The fourth-order valence-corrected chi connectivity index (χ4v) is 8.33. The van der Waals surface area contributed by atoms with E-state index in [1.54, 1.807) is 18.2 Å². The number of ether oxygens (including phenoxy) is 1. The number of aliphatic carboxylic acids is 1. The number of benzene rings is 3. The van der Waals surface area contributed by atoms with Gasteiger partial charge < -0.3 is 14.7 Å². The average molecular weight is 634 g/mol. The molecule has 1 atom stereocenters. The van der Waals surface area contributed by atoms with Crippen molar-refractivity contribution in [1.29, 1.82) is 0 Å². The van der Waals surface area contributed by atoms with E-state index in [0.717, 1.165) is 18.2 Å². The van der Waals surface area contributed by atoms with Crippen LogP contribution in [-0.2, 0) is 37.0 Å². The Bertz CT molecular complexity index is 1620. The zero-order chi connectivity index (χ0) is 31.7. The number of carbonyl (C=O) groups excluding carboxylic acids is 1. The molecule has 0 unspecified atom stereocenters. The summed E-state index contributed by atoms with van der Waals surface area (Å²) in [6.45, 7) is -0.636. The number of amides is 1. The SMILES string of the molecule is O=C(O)C1CCC(C(=O)N2CC[C@](c3ccc(OCc4c(F)cccc4C(F)(F)F)cc3)(S(=O)(=O)c3ccccc3)C2)CC1. The Morgan fingerprint density at radius 1 is 0.909 bits per heavy atom. The van der Waals surface area contributed by atoms with E-state index in [1.165, 1.54) is 41.3 Å². The Balaban J connectivity index is 1.41. The van der Waals surface area contributed by atoms with Crippen LogP contribution in [0.15, 0.2) is 77.7 Å². The van der Waals surface area contributed by atoms with E-state index < -0.39 is 62.1 Å². The maximum absolute atomic E-state index is 14.3. The van der Waals surface area contributed by atoms with Crippen LogP contribution in [0, 0.1) is 17.7 Å². The molecule has 7 nitrogen and oxygen atoms in total. The van der Waals surface area contributed by atoms with Crippen LogP contribution in [0.5, 0.6) is 5.75 Å². The molecule has 1 aliphatic carbocycles. The molecule has 1 saturated carbocycles. The van der Waals surface area contributed by atoms with Crippen molar-refractivity contribution in [3.8, 4) is 5.75 Å². The van der Waals surface area contributed by atoms with Crippen LogP contribution in [0.1, 0.15) is 48.8 Å². The summed E-state index contributed by atoms with van der Waals surface area (Å²) in [5, 5.41) is 9.30. The molecule has 5 rings (SSSR count). The minimum Gasteiger partial charge on any atom is -0.489 e. The predicted octanol–water partition coefficient (Wildman–Crippen LogP) is 6.22. The van der Waals surface area contributed by atoms with Gasteiger partial charge >= 0.3 is 12.1 Å². The van der Waals surface area contributed by atoms with Crippen molar-refractivity contribution in [3.05, 3.63) is 95.3 Å². The number of carbonyl (C=O) groups is 2. The molecule has 3 aromatic rings. The monoisotopic (exact) mass is 633 g/mol. The molecule has 0 bridgehead atoms. The molecule has 3 aromatic carbocycles. The van der Waals surface area contributed by atoms with E-state index in [1.807, 2.05) is 0 Å². The van der Waals surface area contributed by atoms with Gasteiger partial charge in [-0.1, -0.05) is 36.4 Å². The second-order valence-electron chi connectivity index (χ2n) is 11.3. The lowest BCUT2D eigenvalue weighted by atomic mass is 9.81. The number of hydrogen-bond donors (Lipinski definition) is 1. The maximum Gasteiger partial charge on any atom is 0.416 e. The molecule has 234 valence electrons. The van der Waals surface area contributed by atoms with Crippen LogP contribution in [-0.4, -0.2) is 43.4 Å². The van der Waals surface area contributed by atoms with Crippen LogP contribution in [0.3, 0.4) is 0 Å². The van der Waals surface area contributed by atoms with Gasteiger partial charge in [0.1, 0.15) is 22.9 Å². The van der Waals surface area contributed by atoms with Crippen LogP contribution in [0.25, 0.3) is 0 Å². The molecule has 0 radical (unpaired) electrons. The summed E-state index contributed by atoms with van der Waals surface area (Å²) < 4.78 is 86.9. The van der Waals surface area contributed by atoms with Gasteiger partial charge in [0.05, 0.1) is 16.4 Å². The number of sulfone groups is 1. The Morgan fingerprint density at radius 3 is 2.16 bits per heavy atom. The highest BCUT2D eigenvalue weighted by Gasteiger charge is 2.52. The van der Waals surface area contributed by atoms with E-state index >= 15 is 0 Å². The average Bonchev–Trinajstić information content (AvgIpc) is 3.48. The fourth-order valence-electron chi connectivity index (χ4n) is 6.23. The van der Waals surface area contributed by atoms with Crippen molar-refractivity contribution >= 4 is 21.7 Å². The van der Waals surface area contributed by atoms with Crippen molar-refractivity contribution in [3.63, 3.8) is 0 Å². The first-order chi connectivity index (χ1) is 20.8. The van der Waals surface area contributed by atoms with Crippen molar-refractivity contribution in [1.82, 2.24) is 4.90 Å². The predicted molar refractivity (Wildman–Crippen MR) is 152 cm³/mol. The lowest BCUT2D eigenvalue weighted by Gasteiger charge is -2.32. The second kappa shape index (κ2) is 12.2. The van der Waals surface area contributed by atoms with Gasteiger partial charge in [-0.25, -0.2) is 12.8 Å². The third-order valence-corrected chi connectivity index (χ3v) is 11.2. The molecule has 2 aliphatic rings. The van der Waals surface area contributed by atoms with Gasteiger partial charge in [0.25, 0.3) is 0 Å². The summed E-state index contributed by atoms with van der Waals surface area (Å²) >= 11 is 0. The lowest BCUT2D eigenvalue weighted by Crippen LogP contribution is -2.42. The molecule has 1 saturated heterocycles. The van der Waals surface area contributed by atoms with Gasteiger partial charge in [-0.15, -0.1) is 0 Å². The smallest absolute Gasteiger partial charge is 0.416 e. The van der Waals surface area contributed by atoms with E-state index in [-0.39, 0.29) is 36.1 Å². The quantitative estimate of drug-likeness (QED) is 0.296. The van der Waals surface area contributed by atoms with Crippen molar-refractivity contribution in [2.24, 2.45) is 11.8 Å². The molecule has 0 spiro atoms. The summed E-state index contributed by atoms with van der Waals surface area (Å²) in [6.07, 6.45) is -3.09. The van der Waals surface area contributed by atoms with Crippen LogP contribution in [0.4, 0.5) is 17.6 Å². The number of carboxylic acid groups (broad SMARTS) is 1. The third-order valence-electron chi connectivity index (χ3n) is 8.72. The number of likely N-dealkylation sites (tertiary alicyclic amines) is 1. The number of carboxylic acids is 1. The zero-order valence-corrected chi connectivity index (χ0v) is 24.4. The Labute approximate surface area is 252 Å². The first kappa shape index (κ1) is 31.5.